The van der Waals surface area contributed by atoms with E-state index in [0.29, 0.717) is 0 Å². The monoisotopic (exact) mass is 352 g/mol. The van der Waals surface area contributed by atoms with Crippen molar-refractivity contribution in [2.45, 2.75) is 25.4 Å². The lowest BCUT2D eigenvalue weighted by Gasteiger charge is -2.12. The van der Waals surface area contributed by atoms with E-state index in [1.807, 2.05) is 30.3 Å². The van der Waals surface area contributed by atoms with Gasteiger partial charge in [-0.2, -0.15) is 0 Å². The summed E-state index contributed by atoms with van der Waals surface area (Å²) in [5.41, 5.74) is 2.39. The van der Waals surface area contributed by atoms with Crippen LogP contribution in [-0.2, 0) is 6.42 Å². The summed E-state index contributed by atoms with van der Waals surface area (Å²) in [6.45, 7) is 0. The van der Waals surface area contributed by atoms with Crippen LogP contribution < -0.4 is 0 Å². The second kappa shape index (κ2) is 6.90. The molecule has 2 aromatic rings. The molecular weight excluding hydrogens is 335 g/mol. The summed E-state index contributed by atoms with van der Waals surface area (Å²) in [5, 5.41) is 10.2. The Bertz CT molecular complexity index is 481. The Kier molecular flexibility index (Phi) is 5.20. The average Bonchev–Trinajstić information content (AvgIpc) is 2.40. The molecule has 0 amide bonds. The number of benzene rings is 2. The third kappa shape index (κ3) is 3.82. The summed E-state index contributed by atoms with van der Waals surface area (Å²) in [7, 11) is 0. The second-order valence-corrected chi connectivity index (χ2v) is 5.58. The van der Waals surface area contributed by atoms with E-state index in [1.165, 1.54) is 5.56 Å². The van der Waals surface area contributed by atoms with Gasteiger partial charge in [-0.05, 0) is 59.0 Å². The standard InChI is InChI=1S/C16H17IO/c17-15-11-5-4-10-14(15)16(18)12-6-9-13-7-2-1-3-8-13/h1-5,7-8,10-11,16,18H,6,9,12H2. The van der Waals surface area contributed by atoms with Crippen molar-refractivity contribution in [2.24, 2.45) is 0 Å². The van der Waals surface area contributed by atoms with Gasteiger partial charge >= 0.3 is 0 Å². The molecule has 2 rings (SSSR count). The van der Waals surface area contributed by atoms with Crippen LogP contribution in [0.15, 0.2) is 54.6 Å². The van der Waals surface area contributed by atoms with Crippen LogP contribution in [0.3, 0.4) is 0 Å². The van der Waals surface area contributed by atoms with Crippen molar-refractivity contribution in [3.8, 4) is 0 Å². The molecule has 0 saturated carbocycles. The zero-order valence-corrected chi connectivity index (χ0v) is 12.4. The van der Waals surface area contributed by atoms with Gasteiger partial charge < -0.3 is 5.11 Å². The molecule has 94 valence electrons. The number of halogens is 1. The van der Waals surface area contributed by atoms with Crippen molar-refractivity contribution >= 4 is 22.6 Å². The molecular formula is C16H17IO. The van der Waals surface area contributed by atoms with Gasteiger partial charge in [-0.1, -0.05) is 48.5 Å². The van der Waals surface area contributed by atoms with E-state index in [1.54, 1.807) is 0 Å². The second-order valence-electron chi connectivity index (χ2n) is 4.42. The van der Waals surface area contributed by atoms with Crippen molar-refractivity contribution < 1.29 is 5.11 Å². The highest BCUT2D eigenvalue weighted by atomic mass is 127. The lowest BCUT2D eigenvalue weighted by Crippen LogP contribution is -2.00. The van der Waals surface area contributed by atoms with Gasteiger partial charge in [0.05, 0.1) is 6.10 Å². The van der Waals surface area contributed by atoms with Crippen molar-refractivity contribution in [1.82, 2.24) is 0 Å². The SMILES string of the molecule is OC(CCCc1ccccc1)c1ccccc1I. The highest BCUT2D eigenvalue weighted by Gasteiger charge is 2.09. The molecule has 18 heavy (non-hydrogen) atoms. The summed E-state index contributed by atoms with van der Waals surface area (Å²) in [6.07, 6.45) is 2.51. The molecule has 0 aromatic heterocycles. The topological polar surface area (TPSA) is 20.2 Å². The molecule has 0 spiro atoms. The fourth-order valence-corrected chi connectivity index (χ4v) is 2.79. The van der Waals surface area contributed by atoms with E-state index >= 15 is 0 Å². The number of hydrogen-bond acceptors (Lipinski definition) is 1. The summed E-state index contributed by atoms with van der Waals surface area (Å²) in [6, 6.07) is 18.5. The Morgan fingerprint density at radius 3 is 2.33 bits per heavy atom. The number of rotatable bonds is 5. The minimum Gasteiger partial charge on any atom is -0.388 e. The fourth-order valence-electron chi connectivity index (χ4n) is 2.05. The van der Waals surface area contributed by atoms with Gasteiger partial charge in [0.1, 0.15) is 0 Å². The third-order valence-corrected chi connectivity index (χ3v) is 4.03. The summed E-state index contributed by atoms with van der Waals surface area (Å²) in [4.78, 5) is 0. The van der Waals surface area contributed by atoms with Crippen LogP contribution in [-0.4, -0.2) is 5.11 Å². The number of hydrogen-bond donors (Lipinski definition) is 1. The number of aliphatic hydroxyl groups is 1. The van der Waals surface area contributed by atoms with Gasteiger partial charge in [-0.3, -0.25) is 0 Å². The minimum absolute atomic E-state index is 0.346. The van der Waals surface area contributed by atoms with E-state index in [2.05, 4.69) is 46.9 Å². The minimum atomic E-state index is -0.346. The van der Waals surface area contributed by atoms with Crippen LogP contribution >= 0.6 is 22.6 Å². The first-order chi connectivity index (χ1) is 8.77. The van der Waals surface area contributed by atoms with Gasteiger partial charge in [0, 0.05) is 3.57 Å². The van der Waals surface area contributed by atoms with Crippen molar-refractivity contribution in [3.05, 3.63) is 69.3 Å². The van der Waals surface area contributed by atoms with Crippen molar-refractivity contribution in [1.29, 1.82) is 0 Å². The van der Waals surface area contributed by atoms with Gasteiger partial charge in [-0.15, -0.1) is 0 Å². The molecule has 0 aliphatic heterocycles. The lowest BCUT2D eigenvalue weighted by atomic mass is 10.0. The molecule has 0 aliphatic carbocycles. The molecule has 0 bridgehead atoms. The summed E-state index contributed by atoms with van der Waals surface area (Å²) < 4.78 is 1.14. The molecule has 1 atom stereocenters. The highest BCUT2D eigenvalue weighted by Crippen LogP contribution is 2.24. The first kappa shape index (κ1) is 13.6. The fraction of sp³-hybridized carbons (Fsp3) is 0.250. The van der Waals surface area contributed by atoms with E-state index < -0.39 is 0 Å². The van der Waals surface area contributed by atoms with Gasteiger partial charge in [0.15, 0.2) is 0 Å². The van der Waals surface area contributed by atoms with Crippen LogP contribution in [0.4, 0.5) is 0 Å². The van der Waals surface area contributed by atoms with Crippen LogP contribution in [0, 0.1) is 3.57 Å². The van der Waals surface area contributed by atoms with Crippen molar-refractivity contribution in [3.63, 3.8) is 0 Å². The molecule has 0 fully saturated rings. The van der Waals surface area contributed by atoms with Crippen LogP contribution in [0.1, 0.15) is 30.1 Å². The van der Waals surface area contributed by atoms with E-state index in [0.717, 1.165) is 28.4 Å². The van der Waals surface area contributed by atoms with Crippen LogP contribution in [0.2, 0.25) is 0 Å². The Morgan fingerprint density at radius 2 is 1.61 bits per heavy atom. The Hall–Kier alpha value is -0.870. The van der Waals surface area contributed by atoms with Gasteiger partial charge in [0.2, 0.25) is 0 Å². The molecule has 0 radical (unpaired) electrons. The van der Waals surface area contributed by atoms with Crippen LogP contribution in [0.5, 0.6) is 0 Å². The van der Waals surface area contributed by atoms with Gasteiger partial charge in [-0.25, -0.2) is 0 Å². The average molecular weight is 352 g/mol. The van der Waals surface area contributed by atoms with E-state index in [-0.39, 0.29) is 6.10 Å². The Morgan fingerprint density at radius 1 is 0.944 bits per heavy atom. The van der Waals surface area contributed by atoms with Crippen LogP contribution in [0.25, 0.3) is 0 Å². The van der Waals surface area contributed by atoms with Crippen molar-refractivity contribution in [2.75, 3.05) is 0 Å². The predicted molar refractivity (Wildman–Crippen MR) is 83.5 cm³/mol. The molecule has 1 nitrogen and oxygen atoms in total. The zero-order chi connectivity index (χ0) is 12.8. The maximum absolute atomic E-state index is 10.2. The maximum atomic E-state index is 10.2. The van der Waals surface area contributed by atoms with E-state index in [9.17, 15) is 5.11 Å². The number of aryl methyl sites for hydroxylation is 1. The highest BCUT2D eigenvalue weighted by molar-refractivity contribution is 14.1. The Balaban J connectivity index is 1.86. The molecule has 2 aromatic carbocycles. The maximum Gasteiger partial charge on any atom is 0.0800 e. The summed E-state index contributed by atoms with van der Waals surface area (Å²) >= 11 is 2.28. The first-order valence-electron chi connectivity index (χ1n) is 6.24. The smallest absolute Gasteiger partial charge is 0.0800 e. The van der Waals surface area contributed by atoms with E-state index in [4.69, 9.17) is 0 Å². The Labute approximate surface area is 122 Å². The molecule has 0 aliphatic rings. The first-order valence-corrected chi connectivity index (χ1v) is 7.31. The number of aliphatic hydroxyl groups excluding tert-OH is 1. The lowest BCUT2D eigenvalue weighted by molar-refractivity contribution is 0.164. The molecule has 1 N–H and O–H groups in total. The predicted octanol–water partition coefficient (Wildman–Crippen LogP) is 4.35. The largest absolute Gasteiger partial charge is 0.388 e. The zero-order valence-electron chi connectivity index (χ0n) is 10.2. The molecule has 1 unspecified atom stereocenters. The molecule has 2 heteroatoms. The molecule has 0 saturated heterocycles. The normalized spacial score (nSPS) is 12.3. The van der Waals surface area contributed by atoms with Gasteiger partial charge in [0.25, 0.3) is 0 Å². The quantitative estimate of drug-likeness (QED) is 0.794. The molecule has 0 heterocycles. The third-order valence-electron chi connectivity index (χ3n) is 3.05. The summed E-state index contributed by atoms with van der Waals surface area (Å²) in [5.74, 6) is 0.